The van der Waals surface area contributed by atoms with Crippen molar-refractivity contribution in [1.82, 2.24) is 4.98 Å². The maximum atomic E-state index is 13.4. The van der Waals surface area contributed by atoms with Gasteiger partial charge in [-0.15, -0.1) is 0 Å². The fraction of sp³-hybridized carbons (Fsp3) is 0.0833. The minimum atomic E-state index is -4.53. The first-order valence-corrected chi connectivity index (χ1v) is 5.23. The first-order chi connectivity index (χ1) is 9.27. The molecule has 0 aliphatic carbocycles. The molecule has 0 radical (unpaired) electrons. The van der Waals surface area contributed by atoms with Gasteiger partial charge < -0.3 is 10.5 Å². The van der Waals surface area contributed by atoms with Gasteiger partial charge in [0.25, 0.3) is 0 Å². The molecule has 2 N–H and O–H groups in total. The highest BCUT2D eigenvalue weighted by Gasteiger charge is 2.30. The Hall–Kier alpha value is -2.38. The van der Waals surface area contributed by atoms with Crippen molar-refractivity contribution in [1.29, 1.82) is 0 Å². The number of hydrogen-bond acceptors (Lipinski definition) is 3. The number of benzene rings is 1. The Kier molecular flexibility index (Phi) is 3.47. The highest BCUT2D eigenvalue weighted by atomic mass is 19.4. The largest absolute Gasteiger partial charge is 0.436 e. The van der Waals surface area contributed by atoms with Crippen molar-refractivity contribution in [3.05, 3.63) is 47.7 Å². The van der Waals surface area contributed by atoms with Crippen LogP contribution in [-0.2, 0) is 6.18 Å². The molecular formula is C12H7F5N2O. The molecule has 0 spiro atoms. The van der Waals surface area contributed by atoms with Crippen LogP contribution in [0.4, 0.5) is 27.6 Å². The molecule has 0 bridgehead atoms. The molecule has 3 nitrogen and oxygen atoms in total. The summed E-state index contributed by atoms with van der Waals surface area (Å²) in [5.74, 6) is -2.72. The number of nitrogens with two attached hydrogens (primary N) is 1. The molecule has 2 rings (SSSR count). The fourth-order valence-corrected chi connectivity index (χ4v) is 1.34. The summed E-state index contributed by atoms with van der Waals surface area (Å²) in [4.78, 5) is 3.39. The van der Waals surface area contributed by atoms with E-state index in [1.54, 1.807) is 0 Å². The Labute approximate surface area is 109 Å². The van der Waals surface area contributed by atoms with Crippen molar-refractivity contribution in [2.75, 3.05) is 5.73 Å². The zero-order chi connectivity index (χ0) is 14.9. The zero-order valence-corrected chi connectivity index (χ0v) is 9.71. The van der Waals surface area contributed by atoms with Gasteiger partial charge in [-0.25, -0.2) is 13.8 Å². The normalized spacial score (nSPS) is 11.4. The summed E-state index contributed by atoms with van der Waals surface area (Å²) in [5.41, 5.74) is 3.91. The van der Waals surface area contributed by atoms with Crippen molar-refractivity contribution >= 4 is 5.69 Å². The Balaban J connectivity index is 2.25. The van der Waals surface area contributed by atoms with Crippen molar-refractivity contribution in [2.24, 2.45) is 0 Å². The van der Waals surface area contributed by atoms with E-state index >= 15 is 0 Å². The third kappa shape index (κ3) is 2.95. The lowest BCUT2D eigenvalue weighted by atomic mass is 10.2. The highest BCUT2D eigenvalue weighted by molar-refractivity contribution is 5.47. The number of ether oxygens (including phenoxy) is 1. The minimum Gasteiger partial charge on any atom is -0.436 e. The van der Waals surface area contributed by atoms with Crippen molar-refractivity contribution in [2.45, 2.75) is 6.18 Å². The molecule has 0 aliphatic heterocycles. The van der Waals surface area contributed by atoms with E-state index in [1.807, 2.05) is 0 Å². The minimum absolute atomic E-state index is 0.275. The maximum Gasteiger partial charge on any atom is 0.417 e. The summed E-state index contributed by atoms with van der Waals surface area (Å²) in [5, 5.41) is 0. The number of nitrogen functional groups attached to an aromatic ring is 1. The van der Waals surface area contributed by atoms with Gasteiger partial charge in [0.05, 0.1) is 11.3 Å². The van der Waals surface area contributed by atoms with Crippen LogP contribution in [0.25, 0.3) is 0 Å². The SMILES string of the molecule is Nc1cc(Oc2ccc(C(F)(F)F)cn2)c(F)cc1F. The van der Waals surface area contributed by atoms with Crippen molar-refractivity contribution < 1.29 is 26.7 Å². The maximum absolute atomic E-state index is 13.4. The van der Waals surface area contributed by atoms with Crippen LogP contribution in [0.3, 0.4) is 0 Å². The Morgan fingerprint density at radius 3 is 2.30 bits per heavy atom. The van der Waals surface area contributed by atoms with E-state index in [0.717, 1.165) is 18.2 Å². The summed E-state index contributed by atoms with van der Waals surface area (Å²) in [6, 6.07) is 3.04. The van der Waals surface area contributed by atoms with E-state index in [4.69, 9.17) is 10.5 Å². The molecular weight excluding hydrogens is 283 g/mol. The van der Waals surface area contributed by atoms with Crippen LogP contribution < -0.4 is 10.5 Å². The number of halogens is 5. The van der Waals surface area contributed by atoms with Crippen LogP contribution >= 0.6 is 0 Å². The number of aromatic nitrogens is 1. The molecule has 1 aromatic heterocycles. The van der Waals surface area contributed by atoms with Crippen LogP contribution in [-0.4, -0.2) is 4.98 Å². The lowest BCUT2D eigenvalue weighted by Crippen LogP contribution is -2.05. The van der Waals surface area contributed by atoms with Crippen LogP contribution in [0.1, 0.15) is 5.56 Å². The summed E-state index contributed by atoms with van der Waals surface area (Å²) >= 11 is 0. The number of pyridine rings is 1. The number of alkyl halides is 3. The second kappa shape index (κ2) is 4.95. The summed E-state index contributed by atoms with van der Waals surface area (Å²) in [7, 11) is 0. The highest BCUT2D eigenvalue weighted by Crippen LogP contribution is 2.31. The van der Waals surface area contributed by atoms with E-state index in [-0.39, 0.29) is 11.6 Å². The average Bonchev–Trinajstić information content (AvgIpc) is 2.35. The van der Waals surface area contributed by atoms with E-state index in [2.05, 4.69) is 4.98 Å². The monoisotopic (exact) mass is 290 g/mol. The van der Waals surface area contributed by atoms with E-state index in [0.29, 0.717) is 12.3 Å². The van der Waals surface area contributed by atoms with Gasteiger partial charge in [0.2, 0.25) is 5.88 Å². The van der Waals surface area contributed by atoms with Crippen molar-refractivity contribution in [3.8, 4) is 11.6 Å². The molecule has 0 unspecified atom stereocenters. The summed E-state index contributed by atoms with van der Waals surface area (Å²) in [6.07, 6.45) is -3.99. The van der Waals surface area contributed by atoms with Gasteiger partial charge in [0.15, 0.2) is 11.6 Å². The topological polar surface area (TPSA) is 48.1 Å². The first kappa shape index (κ1) is 14.0. The lowest BCUT2D eigenvalue weighted by molar-refractivity contribution is -0.137. The van der Waals surface area contributed by atoms with Crippen LogP contribution in [0.15, 0.2) is 30.5 Å². The van der Waals surface area contributed by atoms with Gasteiger partial charge in [0, 0.05) is 24.4 Å². The predicted molar refractivity (Wildman–Crippen MR) is 60.1 cm³/mol. The average molecular weight is 290 g/mol. The summed E-state index contributed by atoms with van der Waals surface area (Å²) < 4.78 is 68.1. The van der Waals surface area contributed by atoms with Crippen LogP contribution in [0.5, 0.6) is 11.6 Å². The second-order valence-electron chi connectivity index (χ2n) is 3.79. The van der Waals surface area contributed by atoms with E-state index in [9.17, 15) is 22.0 Å². The van der Waals surface area contributed by atoms with Gasteiger partial charge >= 0.3 is 6.18 Å². The molecule has 106 valence electrons. The molecule has 0 atom stereocenters. The number of nitrogens with zero attached hydrogens (tertiary/aromatic N) is 1. The Bertz CT molecular complexity index is 625. The summed E-state index contributed by atoms with van der Waals surface area (Å²) in [6.45, 7) is 0. The predicted octanol–water partition coefficient (Wildman–Crippen LogP) is 3.75. The van der Waals surface area contributed by atoms with Gasteiger partial charge in [-0.1, -0.05) is 0 Å². The van der Waals surface area contributed by atoms with Crippen LogP contribution in [0, 0.1) is 11.6 Å². The standard InChI is InChI=1S/C12H7F5N2O/c13-7-3-8(14)10(4-9(7)18)20-11-2-1-6(5-19-11)12(15,16)17/h1-5H,18H2. The Morgan fingerprint density at radius 2 is 1.75 bits per heavy atom. The quantitative estimate of drug-likeness (QED) is 0.677. The third-order valence-electron chi connectivity index (χ3n) is 2.33. The van der Waals surface area contributed by atoms with E-state index in [1.165, 1.54) is 0 Å². The van der Waals surface area contributed by atoms with Gasteiger partial charge in [-0.05, 0) is 6.07 Å². The molecule has 0 saturated heterocycles. The molecule has 1 aromatic carbocycles. The third-order valence-corrected chi connectivity index (χ3v) is 2.33. The van der Waals surface area contributed by atoms with Gasteiger partial charge in [-0.2, -0.15) is 13.2 Å². The smallest absolute Gasteiger partial charge is 0.417 e. The first-order valence-electron chi connectivity index (χ1n) is 5.23. The molecule has 0 aliphatic rings. The van der Waals surface area contributed by atoms with Gasteiger partial charge in [-0.3, -0.25) is 0 Å². The molecule has 1 heterocycles. The molecule has 0 saturated carbocycles. The Morgan fingerprint density at radius 1 is 1.05 bits per heavy atom. The molecule has 0 fully saturated rings. The molecule has 20 heavy (non-hydrogen) atoms. The number of anilines is 1. The molecule has 8 heteroatoms. The number of hydrogen-bond donors (Lipinski definition) is 1. The fourth-order valence-electron chi connectivity index (χ4n) is 1.34. The second-order valence-corrected chi connectivity index (χ2v) is 3.79. The van der Waals surface area contributed by atoms with E-state index < -0.39 is 29.1 Å². The molecule has 0 amide bonds. The van der Waals surface area contributed by atoms with Gasteiger partial charge in [0.1, 0.15) is 5.82 Å². The number of rotatable bonds is 2. The zero-order valence-electron chi connectivity index (χ0n) is 9.71. The lowest BCUT2D eigenvalue weighted by Gasteiger charge is -2.09. The van der Waals surface area contributed by atoms with Crippen LogP contribution in [0.2, 0.25) is 0 Å². The molecule has 2 aromatic rings. The van der Waals surface area contributed by atoms with Crippen molar-refractivity contribution in [3.63, 3.8) is 0 Å².